The lowest BCUT2D eigenvalue weighted by atomic mass is 10.2. The highest BCUT2D eigenvalue weighted by Crippen LogP contribution is 2.25. The summed E-state index contributed by atoms with van der Waals surface area (Å²) in [4.78, 5) is 10.8. The van der Waals surface area contributed by atoms with E-state index in [4.69, 9.17) is 39.5 Å². The Morgan fingerprint density at radius 3 is 2.47 bits per heavy atom. The molecule has 0 aromatic carbocycles. The number of carbonyl (C=O) groups is 1. The first-order chi connectivity index (χ1) is 8.95. The zero-order chi connectivity index (χ0) is 14.6. The Morgan fingerprint density at radius 1 is 1.16 bits per heavy atom. The number of unbranched alkanes of at least 4 members (excludes halogenated alkanes) is 1. The third-order valence-corrected chi connectivity index (χ3v) is 2.10. The smallest absolute Gasteiger partial charge is 0.305 e. The maximum atomic E-state index is 10.8. The predicted octanol–water partition coefficient (Wildman–Crippen LogP) is 3.11. The van der Waals surface area contributed by atoms with Crippen LogP contribution in [0.15, 0.2) is 0 Å². The Morgan fingerprint density at radius 2 is 1.84 bits per heavy atom. The van der Waals surface area contributed by atoms with E-state index < -0.39 is 3.79 Å². The Hall–Kier alpha value is -0.580. The summed E-state index contributed by atoms with van der Waals surface area (Å²) < 4.78 is 8.12. The summed E-state index contributed by atoms with van der Waals surface area (Å²) in [6, 6.07) is 0. The van der Waals surface area contributed by atoms with E-state index in [1.807, 2.05) is 0 Å². The average Bonchev–Trinajstić information content (AvgIpc) is 2.34. The van der Waals surface area contributed by atoms with Gasteiger partial charge in [-0.2, -0.15) is 0 Å². The third-order valence-electron chi connectivity index (χ3n) is 1.78. The van der Waals surface area contributed by atoms with E-state index in [1.165, 1.54) is 7.11 Å². The van der Waals surface area contributed by atoms with Crippen molar-refractivity contribution >= 4 is 40.8 Å². The van der Waals surface area contributed by atoms with E-state index in [0.717, 1.165) is 0 Å². The maximum absolute atomic E-state index is 10.8. The van der Waals surface area contributed by atoms with Gasteiger partial charge in [0.15, 0.2) is 0 Å². The predicted molar refractivity (Wildman–Crippen MR) is 77.1 cm³/mol. The fourth-order valence-electron chi connectivity index (χ4n) is 0.950. The number of methoxy groups -OCH3 is 1. The lowest BCUT2D eigenvalue weighted by Gasteiger charge is -2.08. The number of hydrogen-bond donors (Lipinski definition) is 0. The minimum absolute atomic E-state index is 0.00551. The molecular weight excluding hydrogens is 310 g/mol. The molecule has 0 bridgehead atoms. The van der Waals surface area contributed by atoms with Gasteiger partial charge in [-0.1, -0.05) is 52.6 Å². The monoisotopic (exact) mass is 324 g/mol. The average molecular weight is 326 g/mol. The van der Waals surface area contributed by atoms with Gasteiger partial charge in [-0.25, -0.2) is 0 Å². The SMILES string of the molecule is COC(=O)CCCC#CCC#CCOCC(Cl)(Cl)Cl. The molecule has 0 aliphatic rings. The van der Waals surface area contributed by atoms with Crippen molar-refractivity contribution in [3.63, 3.8) is 0 Å². The molecule has 0 N–H and O–H groups in total. The van der Waals surface area contributed by atoms with Crippen LogP contribution < -0.4 is 0 Å². The van der Waals surface area contributed by atoms with Crippen LogP contribution >= 0.6 is 34.8 Å². The summed E-state index contributed by atoms with van der Waals surface area (Å²) in [5, 5.41) is 0. The zero-order valence-corrected chi connectivity index (χ0v) is 12.9. The topological polar surface area (TPSA) is 35.5 Å². The Balaban J connectivity index is 3.51. The van der Waals surface area contributed by atoms with Gasteiger partial charge in [0.25, 0.3) is 0 Å². The van der Waals surface area contributed by atoms with Crippen LogP contribution in [0.3, 0.4) is 0 Å². The van der Waals surface area contributed by atoms with Crippen molar-refractivity contribution in [3.05, 3.63) is 0 Å². The second-order valence-electron chi connectivity index (χ2n) is 3.42. The number of esters is 1. The van der Waals surface area contributed by atoms with Gasteiger partial charge in [0.1, 0.15) is 6.61 Å². The molecular formula is C13H15Cl3O3. The highest BCUT2D eigenvalue weighted by atomic mass is 35.6. The summed E-state index contributed by atoms with van der Waals surface area (Å²) in [5.41, 5.74) is 0. The highest BCUT2D eigenvalue weighted by Gasteiger charge is 2.18. The third kappa shape index (κ3) is 15.4. The molecule has 0 saturated carbocycles. The van der Waals surface area contributed by atoms with E-state index >= 15 is 0 Å². The Kier molecular flexibility index (Phi) is 10.9. The van der Waals surface area contributed by atoms with Crippen LogP contribution in [-0.4, -0.2) is 30.1 Å². The van der Waals surface area contributed by atoms with E-state index in [9.17, 15) is 4.79 Å². The molecule has 0 unspecified atom stereocenters. The molecule has 0 heterocycles. The first-order valence-corrected chi connectivity index (χ1v) is 6.72. The van der Waals surface area contributed by atoms with E-state index in [-0.39, 0.29) is 19.2 Å². The van der Waals surface area contributed by atoms with Gasteiger partial charge >= 0.3 is 5.97 Å². The maximum Gasteiger partial charge on any atom is 0.305 e. The largest absolute Gasteiger partial charge is 0.469 e. The van der Waals surface area contributed by atoms with Gasteiger partial charge in [-0.3, -0.25) is 4.79 Å². The molecule has 0 aliphatic carbocycles. The lowest BCUT2D eigenvalue weighted by Crippen LogP contribution is -2.12. The normalized spacial score (nSPS) is 9.89. The van der Waals surface area contributed by atoms with Crippen LogP contribution in [0.4, 0.5) is 0 Å². The summed E-state index contributed by atoms with van der Waals surface area (Å²) >= 11 is 16.4. The molecule has 0 spiro atoms. The van der Waals surface area contributed by atoms with Gasteiger partial charge in [-0.15, -0.1) is 5.92 Å². The van der Waals surface area contributed by atoms with Crippen LogP contribution in [0, 0.1) is 23.7 Å². The number of rotatable bonds is 5. The molecule has 0 aromatic rings. The summed E-state index contributed by atoms with van der Waals surface area (Å²) in [6.07, 6.45) is 2.19. The van der Waals surface area contributed by atoms with Crippen LogP contribution in [-0.2, 0) is 14.3 Å². The van der Waals surface area contributed by atoms with Crippen molar-refractivity contribution in [1.82, 2.24) is 0 Å². The van der Waals surface area contributed by atoms with Gasteiger partial charge < -0.3 is 9.47 Å². The number of hydrogen-bond acceptors (Lipinski definition) is 3. The van der Waals surface area contributed by atoms with Crippen LogP contribution in [0.2, 0.25) is 0 Å². The number of alkyl halides is 3. The molecule has 19 heavy (non-hydrogen) atoms. The summed E-state index contributed by atoms with van der Waals surface area (Å²) in [6.45, 7) is 0.212. The number of ether oxygens (including phenoxy) is 2. The molecule has 0 fully saturated rings. The first-order valence-electron chi connectivity index (χ1n) is 5.58. The molecule has 0 aliphatic heterocycles. The zero-order valence-electron chi connectivity index (χ0n) is 10.6. The van der Waals surface area contributed by atoms with Gasteiger partial charge in [0.2, 0.25) is 3.79 Å². The second-order valence-corrected chi connectivity index (χ2v) is 5.94. The van der Waals surface area contributed by atoms with E-state index in [1.54, 1.807) is 0 Å². The second kappa shape index (κ2) is 11.3. The van der Waals surface area contributed by atoms with Crippen molar-refractivity contribution < 1.29 is 14.3 Å². The van der Waals surface area contributed by atoms with Crippen molar-refractivity contribution in [2.24, 2.45) is 0 Å². The molecule has 6 heteroatoms. The van der Waals surface area contributed by atoms with Crippen molar-refractivity contribution in [2.45, 2.75) is 29.5 Å². The quantitative estimate of drug-likeness (QED) is 0.337. The summed E-state index contributed by atoms with van der Waals surface area (Å²) in [7, 11) is 1.37. The van der Waals surface area contributed by atoms with E-state index in [2.05, 4.69) is 28.4 Å². The van der Waals surface area contributed by atoms with E-state index in [0.29, 0.717) is 25.7 Å². The molecule has 0 radical (unpaired) electrons. The highest BCUT2D eigenvalue weighted by molar-refractivity contribution is 6.67. The molecule has 3 nitrogen and oxygen atoms in total. The first kappa shape index (κ1) is 18.4. The number of carbonyl (C=O) groups excluding carboxylic acids is 1. The van der Waals surface area contributed by atoms with Crippen LogP contribution in [0.25, 0.3) is 0 Å². The number of halogens is 3. The Labute approximate surface area is 128 Å². The Bertz CT molecular complexity index is 380. The van der Waals surface area contributed by atoms with Crippen molar-refractivity contribution in [1.29, 1.82) is 0 Å². The molecule has 0 saturated heterocycles. The molecule has 106 valence electrons. The fraction of sp³-hybridized carbons (Fsp3) is 0.615. The van der Waals surface area contributed by atoms with Crippen molar-refractivity contribution in [2.75, 3.05) is 20.3 Å². The van der Waals surface area contributed by atoms with Gasteiger partial charge in [0.05, 0.1) is 20.1 Å². The molecule has 0 amide bonds. The molecule has 0 atom stereocenters. The van der Waals surface area contributed by atoms with Gasteiger partial charge in [0, 0.05) is 12.8 Å². The van der Waals surface area contributed by atoms with Crippen LogP contribution in [0.5, 0.6) is 0 Å². The minimum Gasteiger partial charge on any atom is -0.469 e. The van der Waals surface area contributed by atoms with Crippen LogP contribution in [0.1, 0.15) is 25.7 Å². The van der Waals surface area contributed by atoms with Crippen molar-refractivity contribution in [3.8, 4) is 23.7 Å². The standard InChI is InChI=1S/C13H15Cl3O3/c1-18-12(17)9-7-5-3-2-4-6-8-10-19-11-13(14,15)16/h4-5,7,9-11H2,1H3. The fourth-order valence-corrected chi connectivity index (χ4v) is 1.18. The van der Waals surface area contributed by atoms with Gasteiger partial charge in [-0.05, 0) is 6.42 Å². The minimum atomic E-state index is -1.40. The summed E-state index contributed by atoms with van der Waals surface area (Å²) in [5.74, 6) is 11.1. The molecule has 0 aromatic heterocycles. The lowest BCUT2D eigenvalue weighted by molar-refractivity contribution is -0.140. The molecule has 0 rings (SSSR count).